The fraction of sp³-hybridized carbons (Fsp3) is 0.185. The van der Waals surface area contributed by atoms with Gasteiger partial charge in [-0.1, -0.05) is 12.1 Å². The first-order valence-corrected chi connectivity index (χ1v) is 11.1. The molecule has 1 aliphatic rings. The number of pyridine rings is 3. The highest BCUT2D eigenvalue weighted by molar-refractivity contribution is 5.94. The quantitative estimate of drug-likeness (QED) is 0.468. The zero-order valence-corrected chi connectivity index (χ0v) is 18.7. The summed E-state index contributed by atoms with van der Waals surface area (Å²) in [5.41, 5.74) is 4.80. The van der Waals surface area contributed by atoms with Crippen molar-refractivity contribution in [3.05, 3.63) is 117 Å². The Kier molecular flexibility index (Phi) is 5.76. The first-order valence-electron chi connectivity index (χ1n) is 11.1. The summed E-state index contributed by atoms with van der Waals surface area (Å²) in [6.07, 6.45) is 7.21. The molecule has 4 heterocycles. The number of carbonyl (C=O) groups excluding carboxylic acids is 1. The third kappa shape index (κ3) is 4.12. The highest BCUT2D eigenvalue weighted by Gasteiger charge is 2.26. The van der Waals surface area contributed by atoms with E-state index in [9.17, 15) is 14.0 Å². The zero-order chi connectivity index (χ0) is 23.7. The molecule has 34 heavy (non-hydrogen) atoms. The molecule has 4 aromatic rings. The predicted molar refractivity (Wildman–Crippen MR) is 127 cm³/mol. The minimum atomic E-state index is -0.313. The molecule has 0 aliphatic carbocycles. The van der Waals surface area contributed by atoms with Crippen molar-refractivity contribution in [3.8, 4) is 11.1 Å². The highest BCUT2D eigenvalue weighted by Crippen LogP contribution is 2.26. The number of amides is 1. The lowest BCUT2D eigenvalue weighted by Crippen LogP contribution is -2.39. The second-order valence-corrected chi connectivity index (χ2v) is 8.46. The van der Waals surface area contributed by atoms with Crippen LogP contribution < -0.4 is 5.56 Å². The lowest BCUT2D eigenvalue weighted by molar-refractivity contribution is 0.0732. The van der Waals surface area contributed by atoms with E-state index in [4.69, 9.17) is 0 Å². The molecule has 0 bridgehead atoms. The van der Waals surface area contributed by atoms with Gasteiger partial charge in [-0.2, -0.15) is 0 Å². The average molecular weight is 455 g/mol. The number of hydrogen-bond acceptors (Lipinski definition) is 4. The molecule has 0 atom stereocenters. The Labute approximate surface area is 196 Å². The summed E-state index contributed by atoms with van der Waals surface area (Å²) < 4.78 is 15.7. The summed E-state index contributed by atoms with van der Waals surface area (Å²) in [7, 11) is 0. The van der Waals surface area contributed by atoms with Crippen LogP contribution in [0.25, 0.3) is 11.1 Å². The standard InChI is InChI=1S/C27H23FN4O2/c1-18-13-21(4-5-24(18)28)23-14-22-17-31(26(33)20-6-10-29-11-7-20)12-8-25(22)32(27(23)34)16-19-3-2-9-30-15-19/h2-7,9-11,13-15H,8,12,16-17H2,1H3. The maximum atomic E-state index is 13.9. The number of aryl methyl sites for hydroxylation is 1. The topological polar surface area (TPSA) is 68.1 Å². The number of halogens is 1. The van der Waals surface area contributed by atoms with Crippen LogP contribution in [-0.2, 0) is 19.5 Å². The second kappa shape index (κ2) is 9.02. The van der Waals surface area contributed by atoms with E-state index in [0.717, 1.165) is 16.8 Å². The maximum Gasteiger partial charge on any atom is 0.258 e. The number of benzene rings is 1. The van der Waals surface area contributed by atoms with Crippen LogP contribution in [0.3, 0.4) is 0 Å². The van der Waals surface area contributed by atoms with Crippen molar-refractivity contribution in [2.45, 2.75) is 26.4 Å². The Morgan fingerprint density at radius 2 is 1.88 bits per heavy atom. The van der Waals surface area contributed by atoms with Gasteiger partial charge >= 0.3 is 0 Å². The predicted octanol–water partition coefficient (Wildman–Crippen LogP) is 4.00. The average Bonchev–Trinajstić information content (AvgIpc) is 2.87. The zero-order valence-electron chi connectivity index (χ0n) is 18.7. The van der Waals surface area contributed by atoms with Crippen LogP contribution in [0, 0.1) is 12.7 Å². The third-order valence-electron chi connectivity index (χ3n) is 6.22. The fourth-order valence-corrected chi connectivity index (χ4v) is 4.43. The molecule has 0 N–H and O–H groups in total. The Morgan fingerprint density at radius 3 is 2.62 bits per heavy atom. The molecule has 7 heteroatoms. The lowest BCUT2D eigenvalue weighted by atomic mass is 9.97. The van der Waals surface area contributed by atoms with Gasteiger partial charge in [-0.25, -0.2) is 4.39 Å². The van der Waals surface area contributed by atoms with Crippen molar-refractivity contribution >= 4 is 5.91 Å². The normalized spacial score (nSPS) is 12.9. The molecule has 0 radical (unpaired) electrons. The molecule has 6 nitrogen and oxygen atoms in total. The van der Waals surface area contributed by atoms with E-state index in [2.05, 4.69) is 9.97 Å². The molecule has 0 fully saturated rings. The number of hydrogen-bond donors (Lipinski definition) is 0. The largest absolute Gasteiger partial charge is 0.334 e. The van der Waals surface area contributed by atoms with Gasteiger partial charge < -0.3 is 9.47 Å². The Bertz CT molecular complexity index is 1420. The second-order valence-electron chi connectivity index (χ2n) is 8.46. The van der Waals surface area contributed by atoms with Crippen LogP contribution in [0.15, 0.2) is 78.1 Å². The molecule has 1 aliphatic heterocycles. The van der Waals surface area contributed by atoms with Gasteiger partial charge in [0.15, 0.2) is 0 Å². The smallest absolute Gasteiger partial charge is 0.258 e. The number of fused-ring (bicyclic) bond motifs is 1. The van der Waals surface area contributed by atoms with Crippen molar-refractivity contribution in [3.63, 3.8) is 0 Å². The Balaban J connectivity index is 1.60. The van der Waals surface area contributed by atoms with Crippen LogP contribution >= 0.6 is 0 Å². The molecule has 1 aromatic carbocycles. The molecular weight excluding hydrogens is 431 g/mol. The lowest BCUT2D eigenvalue weighted by Gasteiger charge is -2.31. The van der Waals surface area contributed by atoms with Crippen LogP contribution in [-0.4, -0.2) is 31.9 Å². The van der Waals surface area contributed by atoms with Gasteiger partial charge in [0.05, 0.1) is 6.54 Å². The molecule has 170 valence electrons. The summed E-state index contributed by atoms with van der Waals surface area (Å²) in [4.78, 5) is 36.7. The molecule has 1 amide bonds. The summed E-state index contributed by atoms with van der Waals surface area (Å²) in [5.74, 6) is -0.385. The van der Waals surface area contributed by atoms with E-state index in [-0.39, 0.29) is 17.3 Å². The van der Waals surface area contributed by atoms with E-state index in [0.29, 0.717) is 48.3 Å². The summed E-state index contributed by atoms with van der Waals surface area (Å²) in [5, 5.41) is 0. The number of aromatic nitrogens is 3. The summed E-state index contributed by atoms with van der Waals surface area (Å²) in [6, 6.07) is 13.7. The van der Waals surface area contributed by atoms with Crippen LogP contribution in [0.1, 0.15) is 32.7 Å². The minimum Gasteiger partial charge on any atom is -0.334 e. The van der Waals surface area contributed by atoms with Gasteiger partial charge in [0.2, 0.25) is 0 Å². The van der Waals surface area contributed by atoms with Gasteiger partial charge in [0.25, 0.3) is 11.5 Å². The molecule has 0 saturated heterocycles. The van der Waals surface area contributed by atoms with Gasteiger partial charge in [0, 0.05) is 61.1 Å². The minimum absolute atomic E-state index is 0.0720. The Hall–Kier alpha value is -4.13. The van der Waals surface area contributed by atoms with Crippen molar-refractivity contribution in [1.82, 2.24) is 19.4 Å². The molecular formula is C27H23FN4O2. The number of carbonyl (C=O) groups is 1. The molecule has 0 spiro atoms. The van der Waals surface area contributed by atoms with Crippen LogP contribution in [0.5, 0.6) is 0 Å². The van der Waals surface area contributed by atoms with E-state index < -0.39 is 0 Å². The van der Waals surface area contributed by atoms with Crippen molar-refractivity contribution in [1.29, 1.82) is 0 Å². The third-order valence-corrected chi connectivity index (χ3v) is 6.22. The fourth-order valence-electron chi connectivity index (χ4n) is 4.43. The van der Waals surface area contributed by atoms with Gasteiger partial charge in [-0.15, -0.1) is 0 Å². The van der Waals surface area contributed by atoms with E-state index >= 15 is 0 Å². The van der Waals surface area contributed by atoms with E-state index in [1.807, 2.05) is 18.2 Å². The SMILES string of the molecule is Cc1cc(-c2cc3c(n(Cc4cccnc4)c2=O)CCN(C(=O)c2ccncc2)C3)ccc1F. The first kappa shape index (κ1) is 21.7. The molecule has 3 aromatic heterocycles. The summed E-state index contributed by atoms with van der Waals surface area (Å²) in [6.45, 7) is 2.95. The first-order chi connectivity index (χ1) is 16.5. The van der Waals surface area contributed by atoms with Gasteiger partial charge in [-0.3, -0.25) is 19.6 Å². The number of nitrogens with zero attached hydrogens (tertiary/aromatic N) is 4. The highest BCUT2D eigenvalue weighted by atomic mass is 19.1. The monoisotopic (exact) mass is 454 g/mol. The van der Waals surface area contributed by atoms with Crippen LogP contribution in [0.2, 0.25) is 0 Å². The van der Waals surface area contributed by atoms with Crippen molar-refractivity contribution < 1.29 is 9.18 Å². The molecule has 5 rings (SSSR count). The Morgan fingerprint density at radius 1 is 1.06 bits per heavy atom. The molecule has 0 saturated carbocycles. The van der Waals surface area contributed by atoms with Gasteiger partial charge in [-0.05, 0) is 65.6 Å². The van der Waals surface area contributed by atoms with Crippen molar-refractivity contribution in [2.75, 3.05) is 6.54 Å². The number of rotatable bonds is 4. The van der Waals surface area contributed by atoms with Gasteiger partial charge in [0.1, 0.15) is 5.82 Å². The molecule has 0 unspecified atom stereocenters. The van der Waals surface area contributed by atoms with E-state index in [1.165, 1.54) is 6.07 Å². The maximum absolute atomic E-state index is 13.9. The van der Waals surface area contributed by atoms with E-state index in [1.54, 1.807) is 65.4 Å². The van der Waals surface area contributed by atoms with Crippen molar-refractivity contribution in [2.24, 2.45) is 0 Å². The van der Waals surface area contributed by atoms with Crippen LogP contribution in [0.4, 0.5) is 4.39 Å². The summed E-state index contributed by atoms with van der Waals surface area (Å²) >= 11 is 0.